The minimum Gasteiger partial charge on any atom is -0.489 e. The summed E-state index contributed by atoms with van der Waals surface area (Å²) in [6.45, 7) is 1.53. The fraction of sp³-hybridized carbons (Fsp3) is 0.417. The summed E-state index contributed by atoms with van der Waals surface area (Å²) in [5, 5.41) is 0.523. The molecule has 2 rings (SSSR count). The maximum atomic E-state index is 11.1. The van der Waals surface area contributed by atoms with Gasteiger partial charge in [0.05, 0.1) is 11.1 Å². The molecular formula is C12H13ClO2. The fourth-order valence-electron chi connectivity index (χ4n) is 1.48. The number of carbonyl (C=O) groups is 1. The van der Waals surface area contributed by atoms with E-state index in [2.05, 4.69) is 0 Å². The first kappa shape index (κ1) is 10.5. The molecule has 0 aromatic heterocycles. The zero-order valence-corrected chi connectivity index (χ0v) is 9.38. The van der Waals surface area contributed by atoms with Crippen molar-refractivity contribution in [3.05, 3.63) is 28.8 Å². The van der Waals surface area contributed by atoms with Gasteiger partial charge in [0.25, 0.3) is 0 Å². The Kier molecular flexibility index (Phi) is 2.96. The molecule has 0 aliphatic heterocycles. The summed E-state index contributed by atoms with van der Waals surface area (Å²) in [4.78, 5) is 11.1. The van der Waals surface area contributed by atoms with Crippen LogP contribution in [0.1, 0.15) is 36.5 Å². The van der Waals surface area contributed by atoms with Gasteiger partial charge in [0.15, 0.2) is 5.78 Å². The predicted molar refractivity (Wildman–Crippen MR) is 59.7 cm³/mol. The smallest absolute Gasteiger partial charge is 0.159 e. The van der Waals surface area contributed by atoms with Crippen molar-refractivity contribution in [3.63, 3.8) is 0 Å². The largest absolute Gasteiger partial charge is 0.489 e. The first-order valence-corrected chi connectivity index (χ1v) is 5.52. The van der Waals surface area contributed by atoms with Crippen molar-refractivity contribution < 1.29 is 9.53 Å². The van der Waals surface area contributed by atoms with E-state index in [-0.39, 0.29) is 5.78 Å². The van der Waals surface area contributed by atoms with E-state index in [9.17, 15) is 4.79 Å². The lowest BCUT2D eigenvalue weighted by Gasteiger charge is -2.26. The van der Waals surface area contributed by atoms with Gasteiger partial charge in [-0.3, -0.25) is 4.79 Å². The molecule has 1 aliphatic carbocycles. The van der Waals surface area contributed by atoms with Crippen LogP contribution in [0.25, 0.3) is 0 Å². The van der Waals surface area contributed by atoms with E-state index < -0.39 is 0 Å². The summed E-state index contributed by atoms with van der Waals surface area (Å²) >= 11 is 6.02. The van der Waals surface area contributed by atoms with Gasteiger partial charge in [-0.2, -0.15) is 0 Å². The molecule has 0 saturated heterocycles. The summed E-state index contributed by atoms with van der Waals surface area (Å²) in [7, 11) is 0. The molecule has 0 unspecified atom stereocenters. The van der Waals surface area contributed by atoms with Crippen LogP contribution < -0.4 is 4.74 Å². The van der Waals surface area contributed by atoms with Gasteiger partial charge in [-0.25, -0.2) is 0 Å². The Hall–Kier alpha value is -1.02. The Bertz CT molecular complexity index is 383. The molecule has 1 aromatic carbocycles. The number of hydrogen-bond donors (Lipinski definition) is 0. The Balaban J connectivity index is 2.14. The van der Waals surface area contributed by atoms with Crippen LogP contribution in [0.2, 0.25) is 5.02 Å². The molecule has 80 valence electrons. The standard InChI is InChI=1S/C12H13ClO2/c1-8(14)9-5-6-12(11(13)7-9)15-10-3-2-4-10/h5-7,10H,2-4H2,1H3. The van der Waals surface area contributed by atoms with Gasteiger partial charge in [0, 0.05) is 5.56 Å². The maximum Gasteiger partial charge on any atom is 0.159 e. The average Bonchev–Trinajstić information content (AvgIpc) is 2.12. The van der Waals surface area contributed by atoms with Crippen molar-refractivity contribution in [1.82, 2.24) is 0 Å². The third kappa shape index (κ3) is 2.32. The highest BCUT2D eigenvalue weighted by Crippen LogP contribution is 2.31. The first-order chi connectivity index (χ1) is 7.16. The second-order valence-electron chi connectivity index (χ2n) is 3.87. The van der Waals surface area contributed by atoms with Crippen molar-refractivity contribution in [3.8, 4) is 5.75 Å². The van der Waals surface area contributed by atoms with Gasteiger partial charge in [0.2, 0.25) is 0 Å². The number of ketones is 1. The highest BCUT2D eigenvalue weighted by molar-refractivity contribution is 6.32. The molecule has 0 amide bonds. The van der Waals surface area contributed by atoms with E-state index in [1.807, 2.05) is 0 Å². The average molecular weight is 225 g/mol. The second kappa shape index (κ2) is 4.23. The van der Waals surface area contributed by atoms with Crippen molar-refractivity contribution in [2.75, 3.05) is 0 Å². The Morgan fingerprint density at radius 3 is 2.67 bits per heavy atom. The summed E-state index contributed by atoms with van der Waals surface area (Å²) < 4.78 is 5.67. The van der Waals surface area contributed by atoms with Crippen molar-refractivity contribution in [2.45, 2.75) is 32.3 Å². The van der Waals surface area contributed by atoms with Gasteiger partial charge in [0.1, 0.15) is 5.75 Å². The first-order valence-electron chi connectivity index (χ1n) is 5.14. The van der Waals surface area contributed by atoms with E-state index in [4.69, 9.17) is 16.3 Å². The lowest BCUT2D eigenvalue weighted by molar-refractivity contribution is 0.101. The van der Waals surface area contributed by atoms with Crippen LogP contribution >= 0.6 is 11.6 Å². The zero-order valence-electron chi connectivity index (χ0n) is 8.63. The van der Waals surface area contributed by atoms with Gasteiger partial charge in [-0.05, 0) is 44.4 Å². The molecule has 0 radical (unpaired) electrons. The van der Waals surface area contributed by atoms with Gasteiger partial charge >= 0.3 is 0 Å². The monoisotopic (exact) mass is 224 g/mol. The molecule has 1 saturated carbocycles. The quantitative estimate of drug-likeness (QED) is 0.735. The predicted octanol–water partition coefficient (Wildman–Crippen LogP) is 3.47. The topological polar surface area (TPSA) is 26.3 Å². The fourth-order valence-corrected chi connectivity index (χ4v) is 1.71. The lowest BCUT2D eigenvalue weighted by atomic mass is 9.96. The number of hydrogen-bond acceptors (Lipinski definition) is 2. The van der Waals surface area contributed by atoms with Crippen LogP contribution in [-0.4, -0.2) is 11.9 Å². The van der Waals surface area contributed by atoms with Crippen LogP contribution in [-0.2, 0) is 0 Å². The number of ether oxygens (including phenoxy) is 1. The molecule has 0 heterocycles. The molecule has 0 atom stereocenters. The lowest BCUT2D eigenvalue weighted by Crippen LogP contribution is -2.24. The molecule has 1 fully saturated rings. The van der Waals surface area contributed by atoms with Gasteiger partial charge in [-0.15, -0.1) is 0 Å². The number of benzene rings is 1. The normalized spacial score (nSPS) is 15.9. The number of halogens is 1. The number of Topliss-reactive ketones (excluding diaryl/α,β-unsaturated/α-hetero) is 1. The van der Waals surface area contributed by atoms with Crippen molar-refractivity contribution >= 4 is 17.4 Å². The zero-order chi connectivity index (χ0) is 10.8. The SMILES string of the molecule is CC(=O)c1ccc(OC2CCC2)c(Cl)c1. The molecule has 3 heteroatoms. The van der Waals surface area contributed by atoms with Crippen LogP contribution in [0.4, 0.5) is 0 Å². The molecule has 0 spiro atoms. The highest BCUT2D eigenvalue weighted by atomic mass is 35.5. The summed E-state index contributed by atoms with van der Waals surface area (Å²) in [5.74, 6) is 0.707. The summed E-state index contributed by atoms with van der Waals surface area (Å²) in [6.07, 6.45) is 3.74. The van der Waals surface area contributed by atoms with Gasteiger partial charge in [-0.1, -0.05) is 11.6 Å². The van der Waals surface area contributed by atoms with E-state index >= 15 is 0 Å². The summed E-state index contributed by atoms with van der Waals surface area (Å²) in [5.41, 5.74) is 0.626. The molecular weight excluding hydrogens is 212 g/mol. The minimum atomic E-state index is 0.0205. The van der Waals surface area contributed by atoms with Gasteiger partial charge < -0.3 is 4.74 Å². The van der Waals surface area contributed by atoms with E-state index in [0.29, 0.717) is 22.4 Å². The molecule has 2 nitrogen and oxygen atoms in total. The third-order valence-corrected chi connectivity index (χ3v) is 2.98. The molecule has 15 heavy (non-hydrogen) atoms. The molecule has 1 aromatic rings. The number of carbonyl (C=O) groups excluding carboxylic acids is 1. The van der Waals surface area contributed by atoms with E-state index in [1.54, 1.807) is 18.2 Å². The Morgan fingerprint density at radius 2 is 2.20 bits per heavy atom. The highest BCUT2D eigenvalue weighted by Gasteiger charge is 2.20. The minimum absolute atomic E-state index is 0.0205. The van der Waals surface area contributed by atoms with Crippen molar-refractivity contribution in [2.24, 2.45) is 0 Å². The number of rotatable bonds is 3. The second-order valence-corrected chi connectivity index (χ2v) is 4.28. The molecule has 1 aliphatic rings. The Morgan fingerprint density at radius 1 is 1.47 bits per heavy atom. The van der Waals surface area contributed by atoms with Crippen LogP contribution in [0.3, 0.4) is 0 Å². The summed E-state index contributed by atoms with van der Waals surface area (Å²) in [6, 6.07) is 5.19. The third-order valence-electron chi connectivity index (χ3n) is 2.68. The van der Waals surface area contributed by atoms with Crippen LogP contribution in [0.15, 0.2) is 18.2 Å². The Labute approximate surface area is 94.2 Å². The van der Waals surface area contributed by atoms with Crippen molar-refractivity contribution in [1.29, 1.82) is 0 Å². The van der Waals surface area contributed by atoms with Crippen LogP contribution in [0, 0.1) is 0 Å². The molecule has 0 bridgehead atoms. The van der Waals surface area contributed by atoms with E-state index in [1.165, 1.54) is 13.3 Å². The van der Waals surface area contributed by atoms with Crippen LogP contribution in [0.5, 0.6) is 5.75 Å². The maximum absolute atomic E-state index is 11.1. The molecule has 0 N–H and O–H groups in total. The van der Waals surface area contributed by atoms with E-state index in [0.717, 1.165) is 12.8 Å².